The number of ether oxygens (including phenoxy) is 1. The second kappa shape index (κ2) is 6.36. The standard InChI is InChI=1S/C13H18O2/c1-11(8-12(2)14)9-15-10-13-6-4-3-5-7-13/h3-7,11H,8-10H2,1-2H3/t11-/m0/s1. The zero-order valence-electron chi connectivity index (χ0n) is 9.40. The molecule has 0 aliphatic rings. The first-order chi connectivity index (χ1) is 7.18. The molecule has 82 valence electrons. The molecule has 15 heavy (non-hydrogen) atoms. The number of Topliss-reactive ketones (excluding diaryl/α,β-unsaturated/α-hetero) is 1. The van der Waals surface area contributed by atoms with Gasteiger partial charge in [0.15, 0.2) is 0 Å². The highest BCUT2D eigenvalue weighted by Crippen LogP contribution is 2.06. The van der Waals surface area contributed by atoms with Crippen LogP contribution in [0, 0.1) is 5.92 Å². The molecule has 1 aromatic rings. The van der Waals surface area contributed by atoms with Gasteiger partial charge in [0.1, 0.15) is 5.78 Å². The van der Waals surface area contributed by atoms with Gasteiger partial charge < -0.3 is 9.53 Å². The maximum Gasteiger partial charge on any atom is 0.130 e. The summed E-state index contributed by atoms with van der Waals surface area (Å²) in [6, 6.07) is 10.1. The fourth-order valence-electron chi connectivity index (χ4n) is 1.50. The van der Waals surface area contributed by atoms with E-state index in [2.05, 4.69) is 0 Å². The van der Waals surface area contributed by atoms with Crippen molar-refractivity contribution in [3.63, 3.8) is 0 Å². The molecule has 0 saturated carbocycles. The number of hydrogen-bond acceptors (Lipinski definition) is 2. The maximum atomic E-state index is 10.8. The van der Waals surface area contributed by atoms with Crippen LogP contribution in [0.25, 0.3) is 0 Å². The summed E-state index contributed by atoms with van der Waals surface area (Å²) in [6.07, 6.45) is 0.606. The van der Waals surface area contributed by atoms with Gasteiger partial charge in [0.2, 0.25) is 0 Å². The number of hydrogen-bond donors (Lipinski definition) is 0. The minimum Gasteiger partial charge on any atom is -0.376 e. The quantitative estimate of drug-likeness (QED) is 0.715. The summed E-state index contributed by atoms with van der Waals surface area (Å²) in [5.74, 6) is 0.539. The molecule has 1 atom stereocenters. The lowest BCUT2D eigenvalue weighted by Crippen LogP contribution is -2.09. The van der Waals surface area contributed by atoms with Gasteiger partial charge in [-0.3, -0.25) is 0 Å². The Kier molecular flexibility index (Phi) is 5.05. The molecule has 0 radical (unpaired) electrons. The molecule has 0 aliphatic carbocycles. The van der Waals surface area contributed by atoms with Gasteiger partial charge in [-0.25, -0.2) is 0 Å². The normalized spacial score (nSPS) is 12.4. The van der Waals surface area contributed by atoms with Crippen molar-refractivity contribution in [2.45, 2.75) is 26.9 Å². The third-order valence-corrected chi connectivity index (χ3v) is 2.15. The Balaban J connectivity index is 2.19. The molecule has 0 aromatic heterocycles. The van der Waals surface area contributed by atoms with Crippen LogP contribution in [0.2, 0.25) is 0 Å². The summed E-state index contributed by atoms with van der Waals surface area (Å²) in [5, 5.41) is 0. The van der Waals surface area contributed by atoms with E-state index in [1.54, 1.807) is 6.92 Å². The lowest BCUT2D eigenvalue weighted by atomic mass is 10.1. The first kappa shape index (κ1) is 11.9. The van der Waals surface area contributed by atoms with E-state index < -0.39 is 0 Å². The molecule has 0 amide bonds. The van der Waals surface area contributed by atoms with Gasteiger partial charge in [-0.1, -0.05) is 37.3 Å². The Bertz CT molecular complexity index is 293. The van der Waals surface area contributed by atoms with Crippen molar-refractivity contribution in [1.82, 2.24) is 0 Å². The van der Waals surface area contributed by atoms with Crippen LogP contribution in [-0.4, -0.2) is 12.4 Å². The van der Waals surface area contributed by atoms with E-state index in [-0.39, 0.29) is 5.78 Å². The largest absolute Gasteiger partial charge is 0.376 e. The monoisotopic (exact) mass is 206 g/mol. The number of rotatable bonds is 6. The molecule has 0 heterocycles. The Labute approximate surface area is 91.3 Å². The number of carbonyl (C=O) groups is 1. The minimum atomic E-state index is 0.228. The zero-order valence-corrected chi connectivity index (χ0v) is 9.40. The molecular weight excluding hydrogens is 188 g/mol. The second-order valence-electron chi connectivity index (χ2n) is 4.01. The molecule has 0 unspecified atom stereocenters. The molecular formula is C13H18O2. The minimum absolute atomic E-state index is 0.228. The molecule has 0 N–H and O–H groups in total. The van der Waals surface area contributed by atoms with E-state index in [0.29, 0.717) is 25.6 Å². The van der Waals surface area contributed by atoms with Crippen LogP contribution < -0.4 is 0 Å². The van der Waals surface area contributed by atoms with Gasteiger partial charge in [-0.05, 0) is 18.4 Å². The van der Waals surface area contributed by atoms with Crippen LogP contribution in [0.5, 0.6) is 0 Å². The highest BCUT2D eigenvalue weighted by Gasteiger charge is 2.05. The van der Waals surface area contributed by atoms with E-state index >= 15 is 0 Å². The van der Waals surface area contributed by atoms with Gasteiger partial charge in [0.05, 0.1) is 6.61 Å². The third-order valence-electron chi connectivity index (χ3n) is 2.15. The topological polar surface area (TPSA) is 26.3 Å². The predicted molar refractivity (Wildman–Crippen MR) is 60.6 cm³/mol. The van der Waals surface area contributed by atoms with Crippen LogP contribution in [0.15, 0.2) is 30.3 Å². The predicted octanol–water partition coefficient (Wildman–Crippen LogP) is 2.82. The number of benzene rings is 1. The highest BCUT2D eigenvalue weighted by atomic mass is 16.5. The fraction of sp³-hybridized carbons (Fsp3) is 0.462. The SMILES string of the molecule is CC(=O)C[C@H](C)COCc1ccccc1. The first-order valence-corrected chi connectivity index (χ1v) is 5.29. The highest BCUT2D eigenvalue weighted by molar-refractivity contribution is 5.75. The summed E-state index contributed by atoms with van der Waals surface area (Å²) in [7, 11) is 0. The summed E-state index contributed by atoms with van der Waals surface area (Å²) in [6.45, 7) is 4.93. The summed E-state index contributed by atoms with van der Waals surface area (Å²) in [4.78, 5) is 10.8. The average molecular weight is 206 g/mol. The molecule has 0 aliphatic heterocycles. The van der Waals surface area contributed by atoms with E-state index in [0.717, 1.165) is 0 Å². The van der Waals surface area contributed by atoms with Crippen LogP contribution in [0.3, 0.4) is 0 Å². The summed E-state index contributed by atoms with van der Waals surface area (Å²) < 4.78 is 5.53. The molecule has 0 bridgehead atoms. The van der Waals surface area contributed by atoms with Crippen molar-refractivity contribution < 1.29 is 9.53 Å². The number of ketones is 1. The fourth-order valence-corrected chi connectivity index (χ4v) is 1.50. The molecule has 0 spiro atoms. The molecule has 1 aromatic carbocycles. The maximum absolute atomic E-state index is 10.8. The lowest BCUT2D eigenvalue weighted by Gasteiger charge is -2.10. The Morgan fingerprint density at radius 3 is 2.60 bits per heavy atom. The van der Waals surface area contributed by atoms with Gasteiger partial charge in [-0.15, -0.1) is 0 Å². The molecule has 2 nitrogen and oxygen atoms in total. The van der Waals surface area contributed by atoms with Crippen molar-refractivity contribution in [2.75, 3.05) is 6.61 Å². The lowest BCUT2D eigenvalue weighted by molar-refractivity contribution is -0.118. The summed E-state index contributed by atoms with van der Waals surface area (Å²) >= 11 is 0. The van der Waals surface area contributed by atoms with Gasteiger partial charge in [0, 0.05) is 13.0 Å². The molecule has 1 rings (SSSR count). The van der Waals surface area contributed by atoms with E-state index in [9.17, 15) is 4.79 Å². The third kappa shape index (κ3) is 5.33. The molecule has 2 heteroatoms. The van der Waals surface area contributed by atoms with Gasteiger partial charge in [-0.2, -0.15) is 0 Å². The van der Waals surface area contributed by atoms with Crippen molar-refractivity contribution in [3.8, 4) is 0 Å². The number of carbonyl (C=O) groups excluding carboxylic acids is 1. The van der Waals surface area contributed by atoms with Crippen molar-refractivity contribution >= 4 is 5.78 Å². The Hall–Kier alpha value is -1.15. The van der Waals surface area contributed by atoms with Crippen LogP contribution in [0.4, 0.5) is 0 Å². The Morgan fingerprint density at radius 2 is 2.00 bits per heavy atom. The molecule has 0 saturated heterocycles. The van der Waals surface area contributed by atoms with Crippen LogP contribution in [-0.2, 0) is 16.1 Å². The van der Waals surface area contributed by atoms with E-state index in [1.165, 1.54) is 5.56 Å². The zero-order chi connectivity index (χ0) is 11.1. The van der Waals surface area contributed by atoms with Crippen molar-refractivity contribution in [3.05, 3.63) is 35.9 Å². The van der Waals surface area contributed by atoms with E-state index in [4.69, 9.17) is 4.74 Å². The van der Waals surface area contributed by atoms with Crippen LogP contribution >= 0.6 is 0 Å². The van der Waals surface area contributed by atoms with Gasteiger partial charge in [0.25, 0.3) is 0 Å². The van der Waals surface area contributed by atoms with Crippen molar-refractivity contribution in [1.29, 1.82) is 0 Å². The van der Waals surface area contributed by atoms with Crippen LogP contribution in [0.1, 0.15) is 25.8 Å². The van der Waals surface area contributed by atoms with E-state index in [1.807, 2.05) is 37.3 Å². The first-order valence-electron chi connectivity index (χ1n) is 5.29. The summed E-state index contributed by atoms with van der Waals surface area (Å²) in [5.41, 5.74) is 1.17. The van der Waals surface area contributed by atoms with Crippen molar-refractivity contribution in [2.24, 2.45) is 5.92 Å². The second-order valence-corrected chi connectivity index (χ2v) is 4.01. The average Bonchev–Trinajstić information content (AvgIpc) is 2.18. The van der Waals surface area contributed by atoms with Gasteiger partial charge >= 0.3 is 0 Å². The Morgan fingerprint density at radius 1 is 1.33 bits per heavy atom. The molecule has 0 fully saturated rings. The smallest absolute Gasteiger partial charge is 0.130 e.